The van der Waals surface area contributed by atoms with Crippen molar-refractivity contribution >= 4 is 5.97 Å². The molecule has 0 aromatic heterocycles. The molecule has 2 nitrogen and oxygen atoms in total. The van der Waals surface area contributed by atoms with Crippen LogP contribution in [0.2, 0.25) is 0 Å². The van der Waals surface area contributed by atoms with E-state index in [1.54, 1.807) is 5.57 Å². The molecule has 2 aliphatic rings. The number of hydrogen-bond acceptors (Lipinski definition) is 1. The molecule has 0 aromatic rings. The minimum atomic E-state index is -0.833. The van der Waals surface area contributed by atoms with E-state index < -0.39 is 5.97 Å². The molecule has 0 unspecified atom stereocenters. The Hall–Kier alpha value is -2.09. The summed E-state index contributed by atoms with van der Waals surface area (Å²) in [6, 6.07) is 0. The summed E-state index contributed by atoms with van der Waals surface area (Å²) in [5.74, 6) is 0.971. The predicted octanol–water partition coefficient (Wildman–Crippen LogP) is 10.9. The van der Waals surface area contributed by atoms with Crippen LogP contribution in [0.3, 0.4) is 0 Å². The molecule has 2 fully saturated rings. The topological polar surface area (TPSA) is 37.3 Å². The number of carboxylic acid groups (broad SMARTS) is 1. The van der Waals surface area contributed by atoms with Crippen molar-refractivity contribution in [2.45, 2.75) is 126 Å². The number of carboxylic acids is 1. The molecule has 0 radical (unpaired) electrons. The Labute approximate surface area is 224 Å². The van der Waals surface area contributed by atoms with Crippen LogP contribution in [0.4, 0.5) is 0 Å². The Morgan fingerprint density at radius 2 is 1.08 bits per heavy atom. The summed E-state index contributed by atoms with van der Waals surface area (Å²) in [6.45, 7) is 20.7. The number of rotatable bonds is 13. The first-order chi connectivity index (χ1) is 16.9. The second-order valence-corrected chi connectivity index (χ2v) is 11.2. The summed E-state index contributed by atoms with van der Waals surface area (Å²) >= 11 is 0. The second kappa shape index (κ2) is 20.0. The first kappa shape index (κ1) is 33.9. The van der Waals surface area contributed by atoms with E-state index in [2.05, 4.69) is 85.4 Å². The monoisotopic (exact) mass is 496 g/mol. The van der Waals surface area contributed by atoms with Gasteiger partial charge in [-0.15, -0.1) is 0 Å². The summed E-state index contributed by atoms with van der Waals surface area (Å²) < 4.78 is 0. The van der Waals surface area contributed by atoms with Crippen LogP contribution < -0.4 is 0 Å². The highest BCUT2D eigenvalue weighted by Gasteiger charge is 2.23. The van der Waals surface area contributed by atoms with Crippen molar-refractivity contribution in [1.29, 1.82) is 0 Å². The standard InChI is InChI=1S/2C16H26.C2H4O2/c2*1-13(2)7-5-8-14(3)9-6-10-15(4)16-11-12-16;1-2(3)4/h7,9-10,16H,5-6,8,11-12H2,1-4H3;7,9,16H,4-6,8,10-12H2,1-3H3;1H3,(H,3,4)/b14-9+,15-10+;14-9+;. The first-order valence-electron chi connectivity index (χ1n) is 14.0. The quantitative estimate of drug-likeness (QED) is 0.257. The van der Waals surface area contributed by atoms with Gasteiger partial charge < -0.3 is 5.11 Å². The zero-order valence-corrected chi connectivity index (χ0v) is 24.9. The molecule has 2 aliphatic carbocycles. The molecule has 0 heterocycles. The number of allylic oxidation sites excluding steroid dienone is 11. The third-order valence-corrected chi connectivity index (χ3v) is 6.42. The highest BCUT2D eigenvalue weighted by atomic mass is 16.4. The van der Waals surface area contributed by atoms with E-state index in [0.717, 1.165) is 25.2 Å². The van der Waals surface area contributed by atoms with Crippen molar-refractivity contribution in [3.05, 3.63) is 70.4 Å². The van der Waals surface area contributed by atoms with Gasteiger partial charge in [0.1, 0.15) is 0 Å². The zero-order chi connectivity index (χ0) is 27.5. The van der Waals surface area contributed by atoms with Crippen molar-refractivity contribution in [2.24, 2.45) is 11.8 Å². The molecular weight excluding hydrogens is 440 g/mol. The maximum absolute atomic E-state index is 9.00. The Bertz CT molecular complexity index is 796. The van der Waals surface area contributed by atoms with Crippen LogP contribution in [0, 0.1) is 11.8 Å². The van der Waals surface area contributed by atoms with Gasteiger partial charge in [0.05, 0.1) is 0 Å². The van der Waals surface area contributed by atoms with Gasteiger partial charge in [0.15, 0.2) is 0 Å². The smallest absolute Gasteiger partial charge is 0.300 e. The van der Waals surface area contributed by atoms with Gasteiger partial charge in [0, 0.05) is 6.92 Å². The van der Waals surface area contributed by atoms with E-state index in [1.807, 2.05) is 0 Å². The van der Waals surface area contributed by atoms with E-state index in [-0.39, 0.29) is 0 Å². The van der Waals surface area contributed by atoms with Crippen LogP contribution in [0.25, 0.3) is 0 Å². The van der Waals surface area contributed by atoms with E-state index in [4.69, 9.17) is 9.90 Å². The molecular formula is C34H56O2. The summed E-state index contributed by atoms with van der Waals surface area (Å²) in [5.41, 5.74) is 8.99. The van der Waals surface area contributed by atoms with Crippen molar-refractivity contribution in [2.75, 3.05) is 0 Å². The Morgan fingerprint density at radius 3 is 1.50 bits per heavy atom. The third-order valence-electron chi connectivity index (χ3n) is 6.42. The van der Waals surface area contributed by atoms with Gasteiger partial charge in [-0.2, -0.15) is 0 Å². The molecule has 0 aliphatic heterocycles. The molecule has 1 N–H and O–H groups in total. The van der Waals surface area contributed by atoms with Crippen LogP contribution in [-0.4, -0.2) is 11.1 Å². The summed E-state index contributed by atoms with van der Waals surface area (Å²) in [6.07, 6.45) is 25.8. The lowest BCUT2D eigenvalue weighted by Crippen LogP contribution is -1.84. The fraction of sp³-hybridized carbons (Fsp3) is 0.618. The largest absolute Gasteiger partial charge is 0.481 e. The molecule has 2 heteroatoms. The van der Waals surface area contributed by atoms with Gasteiger partial charge in [-0.1, -0.05) is 70.4 Å². The summed E-state index contributed by atoms with van der Waals surface area (Å²) in [5, 5.41) is 7.42. The minimum Gasteiger partial charge on any atom is -0.481 e. The molecule has 0 amide bonds. The van der Waals surface area contributed by atoms with E-state index in [9.17, 15) is 0 Å². The molecule has 2 saturated carbocycles. The molecule has 204 valence electrons. The summed E-state index contributed by atoms with van der Waals surface area (Å²) in [7, 11) is 0. The van der Waals surface area contributed by atoms with E-state index >= 15 is 0 Å². The lowest BCUT2D eigenvalue weighted by molar-refractivity contribution is -0.134. The van der Waals surface area contributed by atoms with Gasteiger partial charge in [-0.3, -0.25) is 4.79 Å². The molecule has 2 rings (SSSR count). The van der Waals surface area contributed by atoms with Crippen molar-refractivity contribution in [3.8, 4) is 0 Å². The van der Waals surface area contributed by atoms with Gasteiger partial charge >= 0.3 is 0 Å². The van der Waals surface area contributed by atoms with Crippen molar-refractivity contribution in [1.82, 2.24) is 0 Å². The molecule has 36 heavy (non-hydrogen) atoms. The van der Waals surface area contributed by atoms with E-state index in [0.29, 0.717) is 0 Å². The maximum Gasteiger partial charge on any atom is 0.300 e. The van der Waals surface area contributed by atoms with E-state index in [1.165, 1.54) is 92.1 Å². The average Bonchev–Trinajstić information content (AvgIpc) is 3.66. The van der Waals surface area contributed by atoms with Crippen LogP contribution in [-0.2, 0) is 4.79 Å². The highest BCUT2D eigenvalue weighted by Crippen LogP contribution is 2.37. The molecule has 0 aromatic carbocycles. The van der Waals surface area contributed by atoms with Crippen LogP contribution >= 0.6 is 0 Å². The minimum absolute atomic E-state index is 0.833. The van der Waals surface area contributed by atoms with Crippen molar-refractivity contribution < 1.29 is 9.90 Å². The summed E-state index contributed by atoms with van der Waals surface area (Å²) in [4.78, 5) is 9.00. The van der Waals surface area contributed by atoms with Crippen LogP contribution in [0.1, 0.15) is 126 Å². The molecule has 0 saturated heterocycles. The fourth-order valence-electron chi connectivity index (χ4n) is 3.73. The Balaban J connectivity index is 0.000000593. The van der Waals surface area contributed by atoms with Crippen molar-refractivity contribution in [3.63, 3.8) is 0 Å². The Kier molecular flexibility index (Phi) is 18.9. The van der Waals surface area contributed by atoms with Crippen LogP contribution in [0.15, 0.2) is 70.4 Å². The van der Waals surface area contributed by atoms with Gasteiger partial charge in [0.25, 0.3) is 5.97 Å². The number of aliphatic carboxylic acids is 1. The SMILES string of the molecule is C=C(CC/C=C(\C)CCC=C(C)C)C1CC1.CC(=O)O.CC(C)=CCC/C(C)=C/C/C=C(\C)C1CC1. The number of carbonyl (C=O) groups is 1. The lowest BCUT2D eigenvalue weighted by atomic mass is 10.0. The second-order valence-electron chi connectivity index (χ2n) is 11.2. The van der Waals surface area contributed by atoms with Crippen LogP contribution in [0.5, 0.6) is 0 Å². The predicted molar refractivity (Wildman–Crippen MR) is 160 cm³/mol. The molecule has 0 atom stereocenters. The normalized spacial score (nSPS) is 15.6. The Morgan fingerprint density at radius 1 is 0.667 bits per heavy atom. The van der Waals surface area contributed by atoms with Gasteiger partial charge in [-0.25, -0.2) is 0 Å². The molecule has 0 bridgehead atoms. The molecule has 0 spiro atoms. The average molecular weight is 497 g/mol. The van der Waals surface area contributed by atoms with Gasteiger partial charge in [0.2, 0.25) is 0 Å². The first-order valence-corrected chi connectivity index (χ1v) is 14.0. The zero-order valence-electron chi connectivity index (χ0n) is 24.9. The number of hydrogen-bond donors (Lipinski definition) is 1. The maximum atomic E-state index is 9.00. The fourth-order valence-corrected chi connectivity index (χ4v) is 3.73. The van der Waals surface area contributed by atoms with Gasteiger partial charge in [-0.05, 0) is 131 Å². The highest BCUT2D eigenvalue weighted by molar-refractivity contribution is 5.62. The third kappa shape index (κ3) is 23.6. The lowest BCUT2D eigenvalue weighted by Gasteiger charge is -2.02.